The van der Waals surface area contributed by atoms with E-state index < -0.39 is 0 Å². The summed E-state index contributed by atoms with van der Waals surface area (Å²) in [6, 6.07) is 18.3. The van der Waals surface area contributed by atoms with E-state index >= 15 is 0 Å². The van der Waals surface area contributed by atoms with Gasteiger partial charge in [-0.05, 0) is 24.6 Å². The molecule has 0 bridgehead atoms. The summed E-state index contributed by atoms with van der Waals surface area (Å²) in [6.07, 6.45) is 0.243. The number of carbonyl (C=O) groups excluding carboxylic acids is 2. The lowest BCUT2D eigenvalue weighted by Crippen LogP contribution is -2.34. The molecule has 0 aliphatic carbocycles. The van der Waals surface area contributed by atoms with Gasteiger partial charge in [-0.3, -0.25) is 9.59 Å². The van der Waals surface area contributed by atoms with E-state index in [-0.39, 0.29) is 24.3 Å². The predicted octanol–water partition coefficient (Wildman–Crippen LogP) is 3.03. The molecule has 4 heteroatoms. The Balaban J connectivity index is 2.17. The van der Waals surface area contributed by atoms with Crippen molar-refractivity contribution >= 4 is 11.8 Å². The van der Waals surface area contributed by atoms with Crippen LogP contribution in [0.5, 0.6) is 0 Å². The van der Waals surface area contributed by atoms with Crippen LogP contribution in [-0.4, -0.2) is 30.3 Å². The first-order valence-corrected chi connectivity index (χ1v) is 7.76. The molecule has 2 aromatic carbocycles. The molecule has 0 spiro atoms. The monoisotopic (exact) mass is 310 g/mol. The zero-order valence-corrected chi connectivity index (χ0v) is 13.5. The molecule has 1 unspecified atom stereocenters. The van der Waals surface area contributed by atoms with E-state index in [1.807, 2.05) is 55.5 Å². The highest BCUT2D eigenvalue weighted by atomic mass is 16.2. The van der Waals surface area contributed by atoms with Crippen LogP contribution in [0.15, 0.2) is 60.7 Å². The molecule has 4 nitrogen and oxygen atoms in total. The van der Waals surface area contributed by atoms with E-state index in [1.54, 1.807) is 24.1 Å². The van der Waals surface area contributed by atoms with Gasteiger partial charge in [-0.15, -0.1) is 0 Å². The number of amides is 2. The van der Waals surface area contributed by atoms with E-state index in [0.717, 1.165) is 5.56 Å². The third-order valence-electron chi connectivity index (χ3n) is 3.82. The summed E-state index contributed by atoms with van der Waals surface area (Å²) >= 11 is 0. The molecule has 120 valence electrons. The lowest BCUT2D eigenvalue weighted by atomic mass is 10.0. The van der Waals surface area contributed by atoms with Crippen molar-refractivity contribution in [2.75, 3.05) is 13.6 Å². The number of hydrogen-bond acceptors (Lipinski definition) is 2. The molecule has 1 atom stereocenters. The van der Waals surface area contributed by atoms with Crippen LogP contribution in [0.25, 0.3) is 0 Å². The van der Waals surface area contributed by atoms with Gasteiger partial charge in [0.15, 0.2) is 0 Å². The van der Waals surface area contributed by atoms with Gasteiger partial charge < -0.3 is 10.2 Å². The third-order valence-corrected chi connectivity index (χ3v) is 3.82. The number of benzene rings is 2. The highest BCUT2D eigenvalue weighted by Gasteiger charge is 2.20. The smallest absolute Gasteiger partial charge is 0.251 e. The molecule has 0 aliphatic rings. The van der Waals surface area contributed by atoms with Gasteiger partial charge in [0.05, 0.1) is 12.5 Å². The second-order valence-electron chi connectivity index (χ2n) is 5.41. The van der Waals surface area contributed by atoms with Crippen LogP contribution in [-0.2, 0) is 4.79 Å². The molecule has 0 heterocycles. The molecule has 2 rings (SSSR count). The van der Waals surface area contributed by atoms with Crippen molar-refractivity contribution in [3.8, 4) is 0 Å². The molecule has 2 aromatic rings. The maximum atomic E-state index is 12.4. The van der Waals surface area contributed by atoms with Crippen molar-refractivity contribution in [2.24, 2.45) is 0 Å². The van der Waals surface area contributed by atoms with Crippen LogP contribution in [0.2, 0.25) is 0 Å². The molecule has 1 N–H and O–H groups in total. The fourth-order valence-corrected chi connectivity index (χ4v) is 2.28. The topological polar surface area (TPSA) is 49.4 Å². The minimum atomic E-state index is -0.342. The lowest BCUT2D eigenvalue weighted by Gasteiger charge is -2.22. The average molecular weight is 310 g/mol. The summed E-state index contributed by atoms with van der Waals surface area (Å²) in [5, 5.41) is 2.97. The van der Waals surface area contributed by atoms with Crippen LogP contribution in [0.1, 0.15) is 35.3 Å². The number of hydrogen-bond donors (Lipinski definition) is 1. The van der Waals surface area contributed by atoms with Crippen LogP contribution in [0.4, 0.5) is 0 Å². The van der Waals surface area contributed by atoms with Gasteiger partial charge in [0.25, 0.3) is 5.91 Å². The maximum absolute atomic E-state index is 12.4. The molecule has 23 heavy (non-hydrogen) atoms. The van der Waals surface area contributed by atoms with Gasteiger partial charge in [0, 0.05) is 19.2 Å². The quantitative estimate of drug-likeness (QED) is 0.891. The molecular weight excluding hydrogens is 288 g/mol. The molecular formula is C19H22N2O2. The van der Waals surface area contributed by atoms with Crippen LogP contribution in [0.3, 0.4) is 0 Å². The minimum Gasteiger partial charge on any atom is -0.346 e. The minimum absolute atomic E-state index is 0.00900. The van der Waals surface area contributed by atoms with E-state index in [4.69, 9.17) is 0 Å². The van der Waals surface area contributed by atoms with Gasteiger partial charge in [0.2, 0.25) is 5.91 Å². The summed E-state index contributed by atoms with van der Waals surface area (Å²) in [4.78, 5) is 26.3. The van der Waals surface area contributed by atoms with E-state index in [2.05, 4.69) is 5.32 Å². The summed E-state index contributed by atoms with van der Waals surface area (Å²) in [5.74, 6) is -0.166. The van der Waals surface area contributed by atoms with Crippen molar-refractivity contribution < 1.29 is 9.59 Å². The molecule has 0 fully saturated rings. The Labute approximate surface area is 137 Å². The SMILES string of the molecule is CCN(C)C(=O)CC(NC(=O)c1ccccc1)c1ccccc1. The van der Waals surface area contributed by atoms with E-state index in [9.17, 15) is 9.59 Å². The van der Waals surface area contributed by atoms with Crippen molar-refractivity contribution in [1.29, 1.82) is 0 Å². The Kier molecular flexibility index (Phi) is 5.92. The highest BCUT2D eigenvalue weighted by Crippen LogP contribution is 2.18. The van der Waals surface area contributed by atoms with Gasteiger partial charge >= 0.3 is 0 Å². The Hall–Kier alpha value is -2.62. The Morgan fingerprint density at radius 1 is 1.00 bits per heavy atom. The Morgan fingerprint density at radius 3 is 2.13 bits per heavy atom. The number of carbonyl (C=O) groups is 2. The molecule has 2 amide bonds. The molecule has 0 aliphatic heterocycles. The molecule has 0 radical (unpaired) electrons. The summed E-state index contributed by atoms with van der Waals surface area (Å²) in [7, 11) is 1.77. The lowest BCUT2D eigenvalue weighted by molar-refractivity contribution is -0.130. The molecule has 0 aromatic heterocycles. The highest BCUT2D eigenvalue weighted by molar-refractivity contribution is 5.94. The van der Waals surface area contributed by atoms with Gasteiger partial charge in [0.1, 0.15) is 0 Å². The zero-order chi connectivity index (χ0) is 16.7. The fraction of sp³-hybridized carbons (Fsp3) is 0.263. The Morgan fingerprint density at radius 2 is 1.57 bits per heavy atom. The van der Waals surface area contributed by atoms with Crippen molar-refractivity contribution in [3.05, 3.63) is 71.8 Å². The first kappa shape index (κ1) is 16.7. The Bertz CT molecular complexity index is 641. The van der Waals surface area contributed by atoms with Crippen molar-refractivity contribution in [1.82, 2.24) is 10.2 Å². The van der Waals surface area contributed by atoms with Crippen molar-refractivity contribution in [2.45, 2.75) is 19.4 Å². The van der Waals surface area contributed by atoms with Crippen LogP contribution in [0, 0.1) is 0 Å². The van der Waals surface area contributed by atoms with Gasteiger partial charge in [-0.1, -0.05) is 48.5 Å². The summed E-state index contributed by atoms with van der Waals surface area (Å²) in [5.41, 5.74) is 1.51. The van der Waals surface area contributed by atoms with Crippen molar-refractivity contribution in [3.63, 3.8) is 0 Å². The first-order chi connectivity index (χ1) is 11.1. The number of nitrogens with one attached hydrogen (secondary N) is 1. The summed E-state index contributed by atoms with van der Waals surface area (Å²) in [6.45, 7) is 2.57. The molecule has 0 saturated carbocycles. The number of nitrogens with zero attached hydrogens (tertiary/aromatic N) is 1. The number of rotatable bonds is 6. The largest absolute Gasteiger partial charge is 0.346 e. The van der Waals surface area contributed by atoms with Gasteiger partial charge in [-0.25, -0.2) is 0 Å². The second kappa shape index (κ2) is 8.13. The predicted molar refractivity (Wildman–Crippen MR) is 91.0 cm³/mol. The van der Waals surface area contributed by atoms with Crippen LogP contribution >= 0.6 is 0 Å². The third kappa shape index (κ3) is 4.68. The normalized spacial score (nSPS) is 11.6. The fourth-order valence-electron chi connectivity index (χ4n) is 2.28. The second-order valence-corrected chi connectivity index (χ2v) is 5.41. The van der Waals surface area contributed by atoms with Crippen LogP contribution < -0.4 is 5.32 Å². The maximum Gasteiger partial charge on any atom is 0.251 e. The van der Waals surface area contributed by atoms with E-state index in [0.29, 0.717) is 12.1 Å². The molecule has 0 saturated heterocycles. The zero-order valence-electron chi connectivity index (χ0n) is 13.5. The standard InChI is InChI=1S/C19H22N2O2/c1-3-21(2)18(22)14-17(15-10-6-4-7-11-15)20-19(23)16-12-8-5-9-13-16/h4-13,17H,3,14H2,1-2H3,(H,20,23). The first-order valence-electron chi connectivity index (χ1n) is 7.76. The van der Waals surface area contributed by atoms with E-state index in [1.165, 1.54) is 0 Å². The van der Waals surface area contributed by atoms with Gasteiger partial charge in [-0.2, -0.15) is 0 Å². The average Bonchev–Trinajstić information content (AvgIpc) is 2.61. The summed E-state index contributed by atoms with van der Waals surface area (Å²) < 4.78 is 0.